The topological polar surface area (TPSA) is 55.1 Å². The minimum absolute atomic E-state index is 0.0522. The molecule has 0 saturated carbocycles. The van der Waals surface area contributed by atoms with Gasteiger partial charge in [0.15, 0.2) is 0 Å². The summed E-state index contributed by atoms with van der Waals surface area (Å²) in [6, 6.07) is -0.240. The molecule has 0 aromatic carbocycles. The summed E-state index contributed by atoms with van der Waals surface area (Å²) in [7, 11) is 0. The van der Waals surface area contributed by atoms with Crippen LogP contribution in [0.4, 0.5) is 0 Å². The van der Waals surface area contributed by atoms with E-state index in [0.29, 0.717) is 0 Å². The number of rotatable bonds is 2. The van der Waals surface area contributed by atoms with Crippen LogP contribution in [0, 0.1) is 5.41 Å². The first-order valence-electron chi connectivity index (χ1n) is 5.37. The molecule has 1 heterocycles. The molecule has 88 valence electrons. The molecular weight excluding hydrogens is 208 g/mol. The van der Waals surface area contributed by atoms with Crippen molar-refractivity contribution in [3.8, 4) is 0 Å². The van der Waals surface area contributed by atoms with Crippen LogP contribution in [0.2, 0.25) is 0 Å². The van der Waals surface area contributed by atoms with Gasteiger partial charge in [0.05, 0.1) is 6.04 Å². The van der Waals surface area contributed by atoms with Crippen molar-refractivity contribution in [2.24, 2.45) is 11.1 Å². The summed E-state index contributed by atoms with van der Waals surface area (Å²) in [6.07, 6.45) is 0. The van der Waals surface area contributed by atoms with Gasteiger partial charge in [-0.25, -0.2) is 0 Å². The highest BCUT2D eigenvalue weighted by Crippen LogP contribution is 2.47. The highest BCUT2D eigenvalue weighted by molar-refractivity contribution is 8.01. The minimum atomic E-state index is -0.429. The average molecular weight is 230 g/mol. The lowest BCUT2D eigenvalue weighted by Crippen LogP contribution is -2.54. The average Bonchev–Trinajstić information content (AvgIpc) is 2.28. The van der Waals surface area contributed by atoms with Crippen LogP contribution in [-0.2, 0) is 4.79 Å². The SMILES string of the molecule is C[C@@H](N)C(=O)NC1C(C)(C)CSC1(C)C. The van der Waals surface area contributed by atoms with Crippen molar-refractivity contribution in [2.45, 2.75) is 51.4 Å². The third-order valence-corrected chi connectivity index (χ3v) is 4.86. The first-order valence-corrected chi connectivity index (χ1v) is 6.35. The summed E-state index contributed by atoms with van der Waals surface area (Å²) in [5, 5.41) is 3.07. The Kier molecular flexibility index (Phi) is 3.41. The zero-order valence-corrected chi connectivity index (χ0v) is 11.1. The Morgan fingerprint density at radius 1 is 1.47 bits per heavy atom. The second-order valence-electron chi connectivity index (χ2n) is 5.61. The fraction of sp³-hybridized carbons (Fsp3) is 0.909. The van der Waals surface area contributed by atoms with Crippen molar-refractivity contribution in [1.82, 2.24) is 5.32 Å². The van der Waals surface area contributed by atoms with Gasteiger partial charge in [-0.3, -0.25) is 4.79 Å². The van der Waals surface area contributed by atoms with Crippen LogP contribution in [0.5, 0.6) is 0 Å². The quantitative estimate of drug-likeness (QED) is 0.753. The van der Waals surface area contributed by atoms with Gasteiger partial charge >= 0.3 is 0 Å². The van der Waals surface area contributed by atoms with Gasteiger partial charge in [-0.15, -0.1) is 0 Å². The van der Waals surface area contributed by atoms with Gasteiger partial charge in [0, 0.05) is 16.5 Å². The molecule has 4 heteroatoms. The molecule has 0 bridgehead atoms. The second-order valence-corrected chi connectivity index (χ2v) is 7.24. The smallest absolute Gasteiger partial charge is 0.236 e. The van der Waals surface area contributed by atoms with Crippen LogP contribution in [0.25, 0.3) is 0 Å². The van der Waals surface area contributed by atoms with E-state index in [0.717, 1.165) is 5.75 Å². The van der Waals surface area contributed by atoms with Gasteiger partial charge in [0.25, 0.3) is 0 Å². The molecule has 3 N–H and O–H groups in total. The molecule has 1 fully saturated rings. The van der Waals surface area contributed by atoms with Crippen molar-refractivity contribution in [1.29, 1.82) is 0 Å². The van der Waals surface area contributed by atoms with Crippen molar-refractivity contribution in [2.75, 3.05) is 5.75 Å². The van der Waals surface area contributed by atoms with E-state index in [2.05, 4.69) is 33.0 Å². The minimum Gasteiger partial charge on any atom is -0.350 e. The third kappa shape index (κ3) is 2.67. The van der Waals surface area contributed by atoms with E-state index < -0.39 is 6.04 Å². The monoisotopic (exact) mass is 230 g/mol. The number of thioether (sulfide) groups is 1. The number of hydrogen-bond donors (Lipinski definition) is 2. The van der Waals surface area contributed by atoms with E-state index in [1.165, 1.54) is 0 Å². The van der Waals surface area contributed by atoms with Gasteiger partial charge < -0.3 is 11.1 Å². The summed E-state index contributed by atoms with van der Waals surface area (Å²) >= 11 is 1.91. The lowest BCUT2D eigenvalue weighted by molar-refractivity contribution is -0.123. The number of carbonyl (C=O) groups excluding carboxylic acids is 1. The first-order chi connectivity index (χ1) is 6.67. The molecule has 15 heavy (non-hydrogen) atoms. The summed E-state index contributed by atoms with van der Waals surface area (Å²) in [5.41, 5.74) is 5.71. The Morgan fingerprint density at radius 3 is 2.33 bits per heavy atom. The molecule has 1 aliphatic rings. The van der Waals surface area contributed by atoms with Crippen LogP contribution in [-0.4, -0.2) is 28.5 Å². The largest absolute Gasteiger partial charge is 0.350 e. The maximum absolute atomic E-state index is 11.6. The number of hydrogen-bond acceptors (Lipinski definition) is 3. The van der Waals surface area contributed by atoms with E-state index in [1.54, 1.807) is 6.92 Å². The molecule has 0 aliphatic carbocycles. The summed E-state index contributed by atoms with van der Waals surface area (Å²) in [6.45, 7) is 10.5. The fourth-order valence-corrected chi connectivity index (χ4v) is 3.58. The Balaban J connectivity index is 2.77. The Bertz CT molecular complexity index is 245. The Morgan fingerprint density at radius 2 is 2.00 bits per heavy atom. The highest BCUT2D eigenvalue weighted by atomic mass is 32.2. The van der Waals surface area contributed by atoms with Crippen molar-refractivity contribution in [3.05, 3.63) is 0 Å². The van der Waals surface area contributed by atoms with E-state index in [1.807, 2.05) is 11.8 Å². The van der Waals surface area contributed by atoms with Crippen LogP contribution in [0.3, 0.4) is 0 Å². The zero-order chi connectivity index (χ0) is 11.9. The molecule has 0 spiro atoms. The maximum atomic E-state index is 11.6. The highest BCUT2D eigenvalue weighted by Gasteiger charge is 2.48. The normalized spacial score (nSPS) is 29.9. The van der Waals surface area contributed by atoms with E-state index in [4.69, 9.17) is 5.73 Å². The summed E-state index contributed by atoms with van der Waals surface area (Å²) in [4.78, 5) is 11.6. The number of amides is 1. The third-order valence-electron chi connectivity index (χ3n) is 2.99. The van der Waals surface area contributed by atoms with Crippen LogP contribution in [0.1, 0.15) is 34.6 Å². The molecular formula is C11H22N2OS. The predicted octanol–water partition coefficient (Wildman–Crippen LogP) is 1.37. The van der Waals surface area contributed by atoms with Crippen LogP contribution < -0.4 is 11.1 Å². The van der Waals surface area contributed by atoms with Gasteiger partial charge in [0.2, 0.25) is 5.91 Å². The van der Waals surface area contributed by atoms with Crippen molar-refractivity contribution >= 4 is 17.7 Å². The molecule has 1 unspecified atom stereocenters. The molecule has 1 saturated heterocycles. The maximum Gasteiger partial charge on any atom is 0.236 e. The second kappa shape index (κ2) is 3.98. The molecule has 1 aliphatic heterocycles. The Hall–Kier alpha value is -0.220. The van der Waals surface area contributed by atoms with Crippen LogP contribution >= 0.6 is 11.8 Å². The standard InChI is InChI=1S/C11H22N2OS/c1-7(12)8(14)13-9-10(2,3)6-15-11(9,4)5/h7,9H,6,12H2,1-5H3,(H,13,14)/t7-,9?/m1/s1. The molecule has 0 radical (unpaired) electrons. The molecule has 2 atom stereocenters. The summed E-state index contributed by atoms with van der Waals surface area (Å²) < 4.78 is 0.0913. The first kappa shape index (κ1) is 12.8. The lowest BCUT2D eigenvalue weighted by Gasteiger charge is -2.35. The zero-order valence-electron chi connectivity index (χ0n) is 10.3. The van der Waals surface area contributed by atoms with Gasteiger partial charge in [-0.1, -0.05) is 13.8 Å². The van der Waals surface area contributed by atoms with E-state index in [-0.39, 0.29) is 22.1 Å². The van der Waals surface area contributed by atoms with E-state index >= 15 is 0 Å². The summed E-state index contributed by atoms with van der Waals surface area (Å²) in [5.74, 6) is 1.02. The van der Waals surface area contributed by atoms with Crippen molar-refractivity contribution in [3.63, 3.8) is 0 Å². The van der Waals surface area contributed by atoms with Gasteiger partial charge in [0.1, 0.15) is 0 Å². The van der Waals surface area contributed by atoms with Gasteiger partial charge in [-0.2, -0.15) is 11.8 Å². The predicted molar refractivity (Wildman–Crippen MR) is 65.9 cm³/mol. The number of nitrogens with one attached hydrogen (secondary N) is 1. The molecule has 3 nitrogen and oxygen atoms in total. The van der Waals surface area contributed by atoms with Gasteiger partial charge in [-0.05, 0) is 26.2 Å². The lowest BCUT2D eigenvalue weighted by atomic mass is 9.80. The molecule has 0 aromatic rings. The van der Waals surface area contributed by atoms with Crippen LogP contribution in [0.15, 0.2) is 0 Å². The van der Waals surface area contributed by atoms with E-state index in [9.17, 15) is 4.79 Å². The molecule has 1 amide bonds. The molecule has 0 aromatic heterocycles. The Labute approximate surface area is 96.6 Å². The fourth-order valence-electron chi connectivity index (χ4n) is 2.12. The number of nitrogens with two attached hydrogens (primary N) is 1. The van der Waals surface area contributed by atoms with Crippen molar-refractivity contribution < 1.29 is 4.79 Å². The number of carbonyl (C=O) groups is 1. The molecule has 1 rings (SSSR count).